The summed E-state index contributed by atoms with van der Waals surface area (Å²) in [5.41, 5.74) is 7.43. The second-order valence-corrected chi connectivity index (χ2v) is 12.3. The second kappa shape index (κ2) is 14.9. The molecule has 4 rings (SSSR count). The molecule has 46 heavy (non-hydrogen) atoms. The molecule has 2 aromatic rings. The number of anilines is 1. The van der Waals surface area contributed by atoms with Crippen molar-refractivity contribution in [2.24, 2.45) is 11.7 Å². The van der Waals surface area contributed by atoms with Crippen LogP contribution in [0.1, 0.15) is 49.0 Å². The molecule has 0 spiro atoms. The van der Waals surface area contributed by atoms with Crippen LogP contribution in [0, 0.1) is 5.92 Å². The molecule has 13 nitrogen and oxygen atoms in total. The lowest BCUT2D eigenvalue weighted by atomic mass is 10.0. The third kappa shape index (κ3) is 8.20. The van der Waals surface area contributed by atoms with Crippen LogP contribution in [0.25, 0.3) is 0 Å². The third-order valence-corrected chi connectivity index (χ3v) is 8.15. The van der Waals surface area contributed by atoms with E-state index in [9.17, 15) is 28.8 Å². The van der Waals surface area contributed by atoms with Crippen molar-refractivity contribution >= 4 is 41.2 Å². The highest BCUT2D eigenvalue weighted by Gasteiger charge is 2.53. The topological polar surface area (TPSA) is 171 Å². The van der Waals surface area contributed by atoms with Gasteiger partial charge in [0, 0.05) is 31.9 Å². The minimum absolute atomic E-state index is 0.0520. The van der Waals surface area contributed by atoms with E-state index in [2.05, 4.69) is 10.6 Å². The predicted octanol–water partition coefficient (Wildman–Crippen LogP) is 1.45. The molecule has 5 amide bonds. The van der Waals surface area contributed by atoms with Crippen LogP contribution in [0.4, 0.5) is 10.5 Å². The number of rotatable bonds is 12. The zero-order chi connectivity index (χ0) is 33.5. The number of nitrogens with one attached hydrogen (secondary N) is 2. The maximum Gasteiger partial charge on any atom is 0.408 e. The fourth-order valence-electron chi connectivity index (χ4n) is 5.91. The van der Waals surface area contributed by atoms with Crippen LogP contribution in [0.15, 0.2) is 54.6 Å². The number of likely N-dealkylation sites (tertiary alicyclic amines) is 2. The number of amides is 5. The number of alkyl carbamates (subject to hydrolysis) is 1. The van der Waals surface area contributed by atoms with E-state index in [0.29, 0.717) is 18.4 Å². The standard InChI is InChI=1S/C33H42N6O7/c1-20(2)16-24(35-30(42)22-10-12-23(13-11-22)37(3)4)31(43)38-15-14-26-29(38)27(40)18-39(26)32(44)25(17-28(34)41)36-33(45)46-19-21-8-6-5-7-9-21/h5-13,20,24-26,29H,14-19H2,1-4H3,(H2,34,41)(H,35,42)(H,36,45)/t24-,25-,26+,29?/m0/s1. The summed E-state index contributed by atoms with van der Waals surface area (Å²) in [6.07, 6.45) is -0.760. The molecule has 4 N–H and O–H groups in total. The van der Waals surface area contributed by atoms with E-state index in [0.717, 1.165) is 11.3 Å². The molecule has 1 unspecified atom stereocenters. The molecule has 2 fully saturated rings. The summed E-state index contributed by atoms with van der Waals surface area (Å²) < 4.78 is 5.22. The van der Waals surface area contributed by atoms with E-state index in [4.69, 9.17) is 10.5 Å². The van der Waals surface area contributed by atoms with Gasteiger partial charge in [-0.3, -0.25) is 24.0 Å². The SMILES string of the molecule is CC(C)C[C@H](NC(=O)c1ccc(N(C)C)cc1)C(=O)N1CC[C@@H]2C1C(=O)CN2C(=O)[C@H](CC(N)=O)NC(=O)OCc1ccccc1. The van der Waals surface area contributed by atoms with Crippen molar-refractivity contribution < 1.29 is 33.5 Å². The van der Waals surface area contributed by atoms with Gasteiger partial charge in [0.2, 0.25) is 17.7 Å². The lowest BCUT2D eigenvalue weighted by Crippen LogP contribution is -2.54. The number of nitrogens with zero attached hydrogens (tertiary/aromatic N) is 3. The van der Waals surface area contributed by atoms with Crippen LogP contribution in [-0.2, 0) is 30.5 Å². The Balaban J connectivity index is 1.45. The van der Waals surface area contributed by atoms with Crippen LogP contribution in [0.3, 0.4) is 0 Å². The number of ether oxygens (including phenoxy) is 1. The van der Waals surface area contributed by atoms with Gasteiger partial charge < -0.3 is 35.8 Å². The number of hydrogen-bond acceptors (Lipinski definition) is 8. The average Bonchev–Trinajstić information content (AvgIpc) is 3.60. The average molecular weight is 635 g/mol. The monoisotopic (exact) mass is 634 g/mol. The van der Waals surface area contributed by atoms with E-state index < -0.39 is 60.3 Å². The first-order valence-corrected chi connectivity index (χ1v) is 15.3. The normalized spacial score (nSPS) is 18.5. The van der Waals surface area contributed by atoms with Crippen LogP contribution >= 0.6 is 0 Å². The molecule has 0 aliphatic carbocycles. The van der Waals surface area contributed by atoms with E-state index in [1.54, 1.807) is 36.4 Å². The molecule has 13 heteroatoms. The Hall–Kier alpha value is -4.94. The van der Waals surface area contributed by atoms with Crippen molar-refractivity contribution in [2.75, 3.05) is 32.1 Å². The highest BCUT2D eigenvalue weighted by Crippen LogP contribution is 2.31. The highest BCUT2D eigenvalue weighted by molar-refractivity contribution is 6.02. The molecule has 2 saturated heterocycles. The maximum atomic E-state index is 13.9. The Kier molecular flexibility index (Phi) is 11.0. The Bertz CT molecular complexity index is 1450. The van der Waals surface area contributed by atoms with Gasteiger partial charge in [-0.2, -0.15) is 0 Å². The molecule has 2 aromatic carbocycles. The van der Waals surface area contributed by atoms with Gasteiger partial charge in [-0.1, -0.05) is 44.2 Å². The van der Waals surface area contributed by atoms with Crippen molar-refractivity contribution in [2.45, 2.75) is 63.9 Å². The second-order valence-electron chi connectivity index (χ2n) is 12.3. The van der Waals surface area contributed by atoms with Gasteiger partial charge >= 0.3 is 6.09 Å². The van der Waals surface area contributed by atoms with Crippen LogP contribution in [-0.4, -0.2) is 96.7 Å². The van der Waals surface area contributed by atoms with Gasteiger partial charge in [0.1, 0.15) is 24.7 Å². The van der Waals surface area contributed by atoms with Crippen LogP contribution < -0.4 is 21.3 Å². The number of primary amides is 1. The van der Waals surface area contributed by atoms with Crippen molar-refractivity contribution in [1.29, 1.82) is 0 Å². The van der Waals surface area contributed by atoms with E-state index >= 15 is 0 Å². The van der Waals surface area contributed by atoms with Gasteiger partial charge in [-0.15, -0.1) is 0 Å². The Morgan fingerprint density at radius 3 is 2.20 bits per heavy atom. The lowest BCUT2D eigenvalue weighted by Gasteiger charge is -2.29. The number of benzene rings is 2. The predicted molar refractivity (Wildman–Crippen MR) is 169 cm³/mol. The summed E-state index contributed by atoms with van der Waals surface area (Å²) in [6, 6.07) is 12.1. The smallest absolute Gasteiger partial charge is 0.408 e. The fraction of sp³-hybridized carbons (Fsp3) is 0.455. The van der Waals surface area contributed by atoms with Crippen LogP contribution in [0.5, 0.6) is 0 Å². The Morgan fingerprint density at radius 2 is 1.59 bits per heavy atom. The largest absolute Gasteiger partial charge is 0.445 e. The molecule has 0 aromatic heterocycles. The minimum Gasteiger partial charge on any atom is -0.445 e. The molecule has 2 aliphatic rings. The Morgan fingerprint density at radius 1 is 0.935 bits per heavy atom. The number of nitrogens with two attached hydrogens (primary N) is 1. The first-order chi connectivity index (χ1) is 21.8. The van der Waals surface area contributed by atoms with E-state index in [1.807, 2.05) is 51.0 Å². The van der Waals surface area contributed by atoms with Gasteiger partial charge in [-0.25, -0.2) is 4.79 Å². The highest BCUT2D eigenvalue weighted by atomic mass is 16.5. The van der Waals surface area contributed by atoms with Crippen LogP contribution in [0.2, 0.25) is 0 Å². The molecule has 0 radical (unpaired) electrons. The maximum absolute atomic E-state index is 13.9. The number of carbonyl (C=O) groups excluding carboxylic acids is 6. The summed E-state index contributed by atoms with van der Waals surface area (Å²) >= 11 is 0. The molecule has 0 saturated carbocycles. The van der Waals surface area contributed by atoms with Gasteiger partial charge in [0.15, 0.2) is 5.78 Å². The summed E-state index contributed by atoms with van der Waals surface area (Å²) in [6.45, 7) is 3.71. The molecular formula is C33H42N6O7. The van der Waals surface area contributed by atoms with Gasteiger partial charge in [0.25, 0.3) is 5.91 Å². The van der Waals surface area contributed by atoms with Gasteiger partial charge in [-0.05, 0) is 48.6 Å². The van der Waals surface area contributed by atoms with Crippen molar-refractivity contribution in [3.05, 3.63) is 65.7 Å². The molecular weight excluding hydrogens is 592 g/mol. The van der Waals surface area contributed by atoms with Crippen molar-refractivity contribution in [1.82, 2.24) is 20.4 Å². The lowest BCUT2D eigenvalue weighted by molar-refractivity contribution is -0.138. The number of Topliss-reactive ketones (excluding diaryl/α,β-unsaturated/α-hetero) is 1. The first-order valence-electron chi connectivity index (χ1n) is 15.3. The third-order valence-electron chi connectivity index (χ3n) is 8.15. The number of fused-ring (bicyclic) bond motifs is 1. The number of ketones is 1. The van der Waals surface area contributed by atoms with Gasteiger partial charge in [0.05, 0.1) is 19.0 Å². The van der Waals surface area contributed by atoms with Crippen molar-refractivity contribution in [3.8, 4) is 0 Å². The van der Waals surface area contributed by atoms with Crippen molar-refractivity contribution in [3.63, 3.8) is 0 Å². The zero-order valence-electron chi connectivity index (χ0n) is 26.6. The number of carbonyl (C=O) groups is 6. The molecule has 0 bridgehead atoms. The summed E-state index contributed by atoms with van der Waals surface area (Å²) in [5.74, 6) is -2.59. The van der Waals surface area contributed by atoms with E-state index in [1.165, 1.54) is 9.80 Å². The molecule has 2 heterocycles. The number of hydrogen-bond donors (Lipinski definition) is 3. The fourth-order valence-corrected chi connectivity index (χ4v) is 5.91. The Labute approximate surface area is 268 Å². The molecule has 4 atom stereocenters. The summed E-state index contributed by atoms with van der Waals surface area (Å²) in [5, 5.41) is 5.27. The zero-order valence-corrected chi connectivity index (χ0v) is 26.6. The summed E-state index contributed by atoms with van der Waals surface area (Å²) in [4.78, 5) is 83.0. The quantitative estimate of drug-likeness (QED) is 0.315. The molecule has 2 aliphatic heterocycles. The van der Waals surface area contributed by atoms with E-state index in [-0.39, 0.29) is 31.4 Å². The minimum atomic E-state index is -1.36. The summed E-state index contributed by atoms with van der Waals surface area (Å²) in [7, 11) is 3.79. The molecule has 246 valence electrons. The first kappa shape index (κ1) is 33.9.